The largest absolute Gasteiger partial charge is 0.493 e. The van der Waals surface area contributed by atoms with E-state index < -0.39 is 0 Å². The Hall–Kier alpha value is -1.55. The second-order valence-electron chi connectivity index (χ2n) is 6.54. The van der Waals surface area contributed by atoms with Crippen LogP contribution in [-0.2, 0) is 4.79 Å². The smallest absolute Gasteiger partial charge is 0.230 e. The summed E-state index contributed by atoms with van der Waals surface area (Å²) in [6, 6.07) is 8.75. The van der Waals surface area contributed by atoms with E-state index in [0.29, 0.717) is 30.5 Å². The molecule has 0 saturated carbocycles. The monoisotopic (exact) mass is 286 g/mol. The molecule has 0 spiro atoms. The summed E-state index contributed by atoms with van der Waals surface area (Å²) in [5.74, 6) is 1.79. The van der Waals surface area contributed by atoms with Gasteiger partial charge in [0.1, 0.15) is 5.75 Å². The molecule has 1 aromatic carbocycles. The van der Waals surface area contributed by atoms with E-state index in [1.165, 1.54) is 0 Å². The Balaban J connectivity index is 1.63. The van der Waals surface area contributed by atoms with Gasteiger partial charge >= 0.3 is 0 Å². The van der Waals surface area contributed by atoms with E-state index in [1.807, 2.05) is 24.3 Å². The summed E-state index contributed by atoms with van der Waals surface area (Å²) in [7, 11) is 0. The third-order valence-electron chi connectivity index (χ3n) is 5.29. The van der Waals surface area contributed by atoms with Crippen LogP contribution in [0.1, 0.15) is 31.2 Å². The summed E-state index contributed by atoms with van der Waals surface area (Å²) in [6.07, 6.45) is 1.93. The number of hydrogen-bond donors (Lipinski definition) is 1. The van der Waals surface area contributed by atoms with E-state index in [2.05, 4.69) is 17.1 Å². The molecule has 0 bridgehead atoms. The van der Waals surface area contributed by atoms with Crippen LogP contribution in [0.15, 0.2) is 24.3 Å². The van der Waals surface area contributed by atoms with Gasteiger partial charge in [-0.2, -0.15) is 0 Å². The van der Waals surface area contributed by atoms with Crippen molar-refractivity contribution in [3.63, 3.8) is 0 Å². The highest BCUT2D eigenvalue weighted by molar-refractivity contribution is 5.85. The zero-order valence-corrected chi connectivity index (χ0v) is 12.4. The average molecular weight is 286 g/mol. The van der Waals surface area contributed by atoms with E-state index in [4.69, 9.17) is 4.74 Å². The van der Waals surface area contributed by atoms with Crippen molar-refractivity contribution in [3.8, 4) is 5.75 Å². The third kappa shape index (κ3) is 2.04. The highest BCUT2D eigenvalue weighted by Crippen LogP contribution is 2.39. The first-order chi connectivity index (χ1) is 10.3. The SMILES string of the molecule is CC1CC2CNCC2N1C(=O)C1CCOc2ccccc21. The van der Waals surface area contributed by atoms with Crippen molar-refractivity contribution in [2.45, 2.75) is 37.8 Å². The highest BCUT2D eigenvalue weighted by atomic mass is 16.5. The lowest BCUT2D eigenvalue weighted by molar-refractivity contribution is -0.136. The molecule has 1 N–H and O–H groups in total. The fraction of sp³-hybridized carbons (Fsp3) is 0.588. The van der Waals surface area contributed by atoms with Crippen LogP contribution in [0, 0.1) is 5.92 Å². The second-order valence-corrected chi connectivity index (χ2v) is 6.54. The number of para-hydroxylation sites is 1. The molecule has 1 amide bonds. The quantitative estimate of drug-likeness (QED) is 0.855. The molecule has 2 saturated heterocycles. The number of amides is 1. The topological polar surface area (TPSA) is 41.6 Å². The van der Waals surface area contributed by atoms with Crippen LogP contribution in [0.5, 0.6) is 5.75 Å². The van der Waals surface area contributed by atoms with Crippen molar-refractivity contribution in [3.05, 3.63) is 29.8 Å². The number of carbonyl (C=O) groups is 1. The molecule has 2 fully saturated rings. The van der Waals surface area contributed by atoms with Gasteiger partial charge in [-0.1, -0.05) is 18.2 Å². The zero-order chi connectivity index (χ0) is 14.4. The Bertz CT molecular complexity index is 559. The van der Waals surface area contributed by atoms with E-state index in [1.54, 1.807) is 0 Å². The fourth-order valence-electron chi connectivity index (χ4n) is 4.32. The van der Waals surface area contributed by atoms with Gasteiger partial charge in [-0.25, -0.2) is 0 Å². The Morgan fingerprint density at radius 1 is 1.33 bits per heavy atom. The van der Waals surface area contributed by atoms with E-state index >= 15 is 0 Å². The number of ether oxygens (including phenoxy) is 1. The molecule has 4 heteroatoms. The molecule has 0 aromatic heterocycles. The fourth-order valence-corrected chi connectivity index (χ4v) is 4.32. The van der Waals surface area contributed by atoms with E-state index in [-0.39, 0.29) is 5.92 Å². The first-order valence-corrected chi connectivity index (χ1v) is 8.00. The minimum Gasteiger partial charge on any atom is -0.493 e. The van der Waals surface area contributed by atoms with Crippen LogP contribution in [-0.4, -0.2) is 42.6 Å². The highest BCUT2D eigenvalue weighted by Gasteiger charge is 2.46. The summed E-state index contributed by atoms with van der Waals surface area (Å²) in [5.41, 5.74) is 1.07. The zero-order valence-electron chi connectivity index (χ0n) is 12.4. The van der Waals surface area contributed by atoms with Gasteiger partial charge in [0.15, 0.2) is 0 Å². The Labute approximate surface area is 125 Å². The first-order valence-electron chi connectivity index (χ1n) is 8.00. The lowest BCUT2D eigenvalue weighted by Crippen LogP contribution is -2.45. The van der Waals surface area contributed by atoms with Crippen molar-refractivity contribution in [1.29, 1.82) is 0 Å². The van der Waals surface area contributed by atoms with Gasteiger partial charge < -0.3 is 15.0 Å². The van der Waals surface area contributed by atoms with Crippen molar-refractivity contribution in [1.82, 2.24) is 10.2 Å². The predicted molar refractivity (Wildman–Crippen MR) is 80.4 cm³/mol. The first kappa shape index (κ1) is 13.1. The average Bonchev–Trinajstić information content (AvgIpc) is 3.06. The van der Waals surface area contributed by atoms with Gasteiger partial charge in [0.05, 0.1) is 12.5 Å². The molecular formula is C17H22N2O2. The second kappa shape index (κ2) is 5.02. The molecule has 3 aliphatic rings. The van der Waals surface area contributed by atoms with Crippen molar-refractivity contribution in [2.24, 2.45) is 5.92 Å². The predicted octanol–water partition coefficient (Wildman–Crippen LogP) is 1.76. The summed E-state index contributed by atoms with van der Waals surface area (Å²) in [4.78, 5) is 15.3. The lowest BCUT2D eigenvalue weighted by Gasteiger charge is -2.34. The van der Waals surface area contributed by atoms with Gasteiger partial charge in [0.25, 0.3) is 0 Å². The molecule has 3 heterocycles. The third-order valence-corrected chi connectivity index (χ3v) is 5.29. The number of benzene rings is 1. The number of hydrogen-bond acceptors (Lipinski definition) is 3. The summed E-state index contributed by atoms with van der Waals surface area (Å²) in [6.45, 7) is 4.85. The normalized spacial score (nSPS) is 34.2. The van der Waals surface area contributed by atoms with Crippen LogP contribution in [0.4, 0.5) is 0 Å². The number of nitrogens with one attached hydrogen (secondary N) is 1. The van der Waals surface area contributed by atoms with Gasteiger partial charge in [-0.05, 0) is 31.7 Å². The number of rotatable bonds is 1. The molecule has 21 heavy (non-hydrogen) atoms. The molecule has 4 atom stereocenters. The summed E-state index contributed by atoms with van der Waals surface area (Å²) in [5, 5.41) is 3.43. The maximum Gasteiger partial charge on any atom is 0.230 e. The Kier molecular flexibility index (Phi) is 3.14. The van der Waals surface area contributed by atoms with Crippen LogP contribution in [0.2, 0.25) is 0 Å². The van der Waals surface area contributed by atoms with Crippen LogP contribution in [0.25, 0.3) is 0 Å². The lowest BCUT2D eigenvalue weighted by atomic mass is 9.91. The molecule has 4 nitrogen and oxygen atoms in total. The molecule has 3 aliphatic heterocycles. The van der Waals surface area contributed by atoms with Crippen LogP contribution in [0.3, 0.4) is 0 Å². The maximum absolute atomic E-state index is 13.2. The molecule has 0 aliphatic carbocycles. The summed E-state index contributed by atoms with van der Waals surface area (Å²) < 4.78 is 5.70. The van der Waals surface area contributed by atoms with Crippen molar-refractivity contribution < 1.29 is 9.53 Å². The minimum atomic E-state index is -0.0308. The minimum absolute atomic E-state index is 0.0308. The van der Waals surface area contributed by atoms with Crippen LogP contribution < -0.4 is 10.1 Å². The molecule has 112 valence electrons. The molecule has 4 rings (SSSR count). The number of nitrogens with zero attached hydrogens (tertiary/aromatic N) is 1. The van der Waals surface area contributed by atoms with Gasteiger partial charge in [-0.15, -0.1) is 0 Å². The summed E-state index contributed by atoms with van der Waals surface area (Å²) >= 11 is 0. The molecule has 4 unspecified atom stereocenters. The molecular weight excluding hydrogens is 264 g/mol. The number of carbonyl (C=O) groups excluding carboxylic acids is 1. The van der Waals surface area contributed by atoms with Gasteiger partial charge in [-0.3, -0.25) is 4.79 Å². The maximum atomic E-state index is 13.2. The number of likely N-dealkylation sites (tertiary alicyclic amines) is 1. The van der Waals surface area contributed by atoms with Crippen LogP contribution >= 0.6 is 0 Å². The number of fused-ring (bicyclic) bond motifs is 2. The van der Waals surface area contributed by atoms with E-state index in [0.717, 1.165) is 37.2 Å². The Morgan fingerprint density at radius 2 is 2.19 bits per heavy atom. The van der Waals surface area contributed by atoms with Gasteiger partial charge in [0.2, 0.25) is 5.91 Å². The Morgan fingerprint density at radius 3 is 3.10 bits per heavy atom. The molecule has 0 radical (unpaired) electrons. The van der Waals surface area contributed by atoms with Crippen molar-refractivity contribution in [2.75, 3.05) is 19.7 Å². The van der Waals surface area contributed by atoms with E-state index in [9.17, 15) is 4.79 Å². The molecule has 1 aromatic rings. The van der Waals surface area contributed by atoms with Gasteiger partial charge in [0, 0.05) is 30.7 Å². The van der Waals surface area contributed by atoms with Crippen molar-refractivity contribution >= 4 is 5.91 Å². The standard InChI is InChI=1S/C17H22N2O2/c1-11-8-12-9-18-10-15(12)19(11)17(20)14-6-7-21-16-5-3-2-4-13(14)16/h2-5,11-12,14-15,18H,6-10H2,1H3.